The van der Waals surface area contributed by atoms with Crippen LogP contribution in [-0.4, -0.2) is 11.7 Å². The van der Waals surface area contributed by atoms with Crippen molar-refractivity contribution >= 4 is 5.69 Å². The molecule has 3 heteroatoms. The van der Waals surface area contributed by atoms with E-state index in [1.165, 1.54) is 12.1 Å². The Morgan fingerprint density at radius 3 is 2.10 bits per heavy atom. The average Bonchev–Trinajstić information content (AvgIpc) is 2.43. The lowest BCUT2D eigenvalue weighted by Gasteiger charge is -2.24. The van der Waals surface area contributed by atoms with Gasteiger partial charge >= 0.3 is 0 Å². The molecule has 0 aliphatic carbocycles. The number of anilines is 1. The summed E-state index contributed by atoms with van der Waals surface area (Å²) in [6.45, 7) is 7.46. The predicted octanol–water partition coefficient (Wildman–Crippen LogP) is 4.17. The third-order valence-corrected chi connectivity index (χ3v) is 3.50. The molecule has 20 heavy (non-hydrogen) atoms. The average molecular weight is 273 g/mol. The van der Waals surface area contributed by atoms with Crippen molar-refractivity contribution in [2.45, 2.75) is 27.3 Å². The summed E-state index contributed by atoms with van der Waals surface area (Å²) in [7, 11) is 0. The summed E-state index contributed by atoms with van der Waals surface area (Å²) in [5.74, 6) is 0.139. The maximum atomic E-state index is 13.0. The molecule has 0 saturated carbocycles. The second kappa shape index (κ2) is 5.95. The highest BCUT2D eigenvalue weighted by molar-refractivity contribution is 5.48. The quantitative estimate of drug-likeness (QED) is 0.903. The molecule has 0 radical (unpaired) electrons. The number of phenols is 1. The van der Waals surface area contributed by atoms with Crippen LogP contribution in [0.3, 0.4) is 0 Å². The number of nitrogens with zero attached hydrogens (tertiary/aromatic N) is 1. The number of phenolic OH excluding ortho intramolecular Hbond substituents is 1. The van der Waals surface area contributed by atoms with Crippen LogP contribution in [0, 0.1) is 19.7 Å². The van der Waals surface area contributed by atoms with Crippen molar-refractivity contribution in [1.82, 2.24) is 0 Å². The zero-order chi connectivity index (χ0) is 14.7. The van der Waals surface area contributed by atoms with Gasteiger partial charge in [-0.05, 0) is 61.7 Å². The van der Waals surface area contributed by atoms with Crippen molar-refractivity contribution in [3.8, 4) is 5.75 Å². The molecule has 0 amide bonds. The zero-order valence-corrected chi connectivity index (χ0v) is 12.2. The molecule has 0 heterocycles. The van der Waals surface area contributed by atoms with Crippen LogP contribution in [0.5, 0.6) is 5.75 Å². The molecule has 2 aromatic carbocycles. The molecule has 0 unspecified atom stereocenters. The third kappa shape index (κ3) is 3.10. The first kappa shape index (κ1) is 14.4. The van der Waals surface area contributed by atoms with E-state index in [0.29, 0.717) is 5.75 Å². The molecule has 0 saturated heterocycles. The topological polar surface area (TPSA) is 23.5 Å². The highest BCUT2D eigenvalue weighted by Crippen LogP contribution is 2.25. The molecule has 0 aliphatic heterocycles. The fourth-order valence-corrected chi connectivity index (χ4v) is 2.39. The fraction of sp³-hybridized carbons (Fsp3) is 0.294. The van der Waals surface area contributed by atoms with Crippen LogP contribution < -0.4 is 4.90 Å². The van der Waals surface area contributed by atoms with Crippen molar-refractivity contribution < 1.29 is 9.50 Å². The number of halogens is 1. The Morgan fingerprint density at radius 1 is 1.05 bits per heavy atom. The van der Waals surface area contributed by atoms with Crippen LogP contribution in [0.2, 0.25) is 0 Å². The number of rotatable bonds is 4. The lowest BCUT2D eigenvalue weighted by Crippen LogP contribution is -2.22. The lowest BCUT2D eigenvalue weighted by atomic mass is 10.1. The van der Waals surface area contributed by atoms with E-state index >= 15 is 0 Å². The maximum Gasteiger partial charge on any atom is 0.123 e. The highest BCUT2D eigenvalue weighted by Gasteiger charge is 2.08. The van der Waals surface area contributed by atoms with Crippen LogP contribution >= 0.6 is 0 Å². The van der Waals surface area contributed by atoms with Gasteiger partial charge in [-0.1, -0.05) is 12.1 Å². The number of hydrogen-bond donors (Lipinski definition) is 1. The summed E-state index contributed by atoms with van der Waals surface area (Å²) >= 11 is 0. The van der Waals surface area contributed by atoms with Crippen LogP contribution in [0.1, 0.15) is 23.6 Å². The van der Waals surface area contributed by atoms with Gasteiger partial charge in [-0.15, -0.1) is 0 Å². The van der Waals surface area contributed by atoms with Gasteiger partial charge in [-0.3, -0.25) is 0 Å². The van der Waals surface area contributed by atoms with E-state index in [1.54, 1.807) is 12.1 Å². The summed E-state index contributed by atoms with van der Waals surface area (Å²) in [6.07, 6.45) is 0. The first-order chi connectivity index (χ1) is 9.51. The number of hydrogen-bond acceptors (Lipinski definition) is 2. The third-order valence-electron chi connectivity index (χ3n) is 3.50. The molecule has 1 N–H and O–H groups in total. The Morgan fingerprint density at radius 2 is 1.60 bits per heavy atom. The Kier molecular flexibility index (Phi) is 4.28. The molecule has 2 rings (SSSR count). The molecule has 0 bridgehead atoms. The van der Waals surface area contributed by atoms with Crippen LogP contribution in [0.4, 0.5) is 10.1 Å². The molecule has 2 nitrogen and oxygen atoms in total. The van der Waals surface area contributed by atoms with Gasteiger partial charge in [-0.2, -0.15) is 0 Å². The molecular weight excluding hydrogens is 253 g/mol. The minimum atomic E-state index is -0.221. The normalized spacial score (nSPS) is 10.6. The van der Waals surface area contributed by atoms with Gasteiger partial charge < -0.3 is 10.0 Å². The van der Waals surface area contributed by atoms with E-state index in [9.17, 15) is 9.50 Å². The largest absolute Gasteiger partial charge is 0.507 e. The standard InChI is InChI=1S/C17H20FNO/c1-4-19(16-7-5-15(18)6-8-16)11-14-9-12(2)17(20)13(3)10-14/h5-10,20H,4,11H2,1-3H3. The molecular formula is C17H20FNO. The molecule has 0 aromatic heterocycles. The van der Waals surface area contributed by atoms with Gasteiger partial charge in [0, 0.05) is 18.8 Å². The second-order valence-electron chi connectivity index (χ2n) is 5.07. The molecule has 106 valence electrons. The number of aromatic hydroxyl groups is 1. The SMILES string of the molecule is CCN(Cc1cc(C)c(O)c(C)c1)c1ccc(F)cc1. The van der Waals surface area contributed by atoms with Crippen molar-refractivity contribution in [3.63, 3.8) is 0 Å². The van der Waals surface area contributed by atoms with E-state index in [2.05, 4.69) is 11.8 Å². The van der Waals surface area contributed by atoms with Gasteiger partial charge in [-0.25, -0.2) is 4.39 Å². The van der Waals surface area contributed by atoms with Gasteiger partial charge in [0.15, 0.2) is 0 Å². The highest BCUT2D eigenvalue weighted by atomic mass is 19.1. The second-order valence-corrected chi connectivity index (χ2v) is 5.07. The van der Waals surface area contributed by atoms with Crippen molar-refractivity contribution in [2.75, 3.05) is 11.4 Å². The van der Waals surface area contributed by atoms with E-state index in [1.807, 2.05) is 26.0 Å². The number of aryl methyl sites for hydroxylation is 2. The smallest absolute Gasteiger partial charge is 0.123 e. The predicted molar refractivity (Wildman–Crippen MR) is 80.7 cm³/mol. The first-order valence-electron chi connectivity index (χ1n) is 6.81. The summed E-state index contributed by atoms with van der Waals surface area (Å²) in [4.78, 5) is 2.17. The molecule has 0 spiro atoms. The summed E-state index contributed by atoms with van der Waals surface area (Å²) in [5.41, 5.74) is 3.91. The Hall–Kier alpha value is -2.03. The van der Waals surface area contributed by atoms with E-state index < -0.39 is 0 Å². The van der Waals surface area contributed by atoms with Gasteiger partial charge in [0.1, 0.15) is 11.6 Å². The molecule has 0 aliphatic rings. The number of benzene rings is 2. The van der Waals surface area contributed by atoms with Gasteiger partial charge in [0.25, 0.3) is 0 Å². The summed E-state index contributed by atoms with van der Waals surface area (Å²) in [5, 5.41) is 9.81. The molecule has 0 fully saturated rings. The van der Waals surface area contributed by atoms with Crippen LogP contribution in [0.25, 0.3) is 0 Å². The maximum absolute atomic E-state index is 13.0. The van der Waals surface area contributed by atoms with Crippen LogP contribution in [-0.2, 0) is 6.54 Å². The van der Waals surface area contributed by atoms with Gasteiger partial charge in [0.2, 0.25) is 0 Å². The zero-order valence-electron chi connectivity index (χ0n) is 12.2. The minimum absolute atomic E-state index is 0.221. The van der Waals surface area contributed by atoms with Gasteiger partial charge in [0.05, 0.1) is 0 Å². The Balaban J connectivity index is 2.24. The molecule has 2 aromatic rings. The molecule has 0 atom stereocenters. The van der Waals surface area contributed by atoms with Crippen LogP contribution in [0.15, 0.2) is 36.4 Å². The monoisotopic (exact) mass is 273 g/mol. The fourth-order valence-electron chi connectivity index (χ4n) is 2.39. The Labute approximate surface area is 119 Å². The van der Waals surface area contributed by atoms with Crippen molar-refractivity contribution in [1.29, 1.82) is 0 Å². The minimum Gasteiger partial charge on any atom is -0.507 e. The summed E-state index contributed by atoms with van der Waals surface area (Å²) in [6, 6.07) is 10.5. The van der Waals surface area contributed by atoms with E-state index in [-0.39, 0.29) is 5.82 Å². The Bertz CT molecular complexity index is 569. The van der Waals surface area contributed by atoms with Crippen molar-refractivity contribution in [3.05, 3.63) is 58.9 Å². The van der Waals surface area contributed by atoms with E-state index in [0.717, 1.165) is 35.5 Å². The van der Waals surface area contributed by atoms with E-state index in [4.69, 9.17) is 0 Å². The van der Waals surface area contributed by atoms with Crippen molar-refractivity contribution in [2.24, 2.45) is 0 Å². The lowest BCUT2D eigenvalue weighted by molar-refractivity contribution is 0.466. The summed E-state index contributed by atoms with van der Waals surface area (Å²) < 4.78 is 13.0. The first-order valence-corrected chi connectivity index (χ1v) is 6.81.